The molecule has 0 saturated carbocycles. The molecule has 108 valence electrons. The highest BCUT2D eigenvalue weighted by atomic mass is 16.6. The number of hydrogen-bond acceptors (Lipinski definition) is 4. The molecule has 1 aromatic rings. The highest BCUT2D eigenvalue weighted by Gasteiger charge is 2.23. The van der Waals surface area contributed by atoms with Gasteiger partial charge in [-0.25, -0.2) is 4.79 Å². The molecule has 0 aliphatic carbocycles. The van der Waals surface area contributed by atoms with Crippen LogP contribution in [-0.2, 0) is 9.57 Å². The van der Waals surface area contributed by atoms with Gasteiger partial charge in [-0.05, 0) is 26.3 Å². The zero-order valence-corrected chi connectivity index (χ0v) is 12.1. The van der Waals surface area contributed by atoms with E-state index in [0.29, 0.717) is 13.0 Å². The van der Waals surface area contributed by atoms with Gasteiger partial charge in [-0.15, -0.1) is 0 Å². The van der Waals surface area contributed by atoms with Crippen molar-refractivity contribution >= 4 is 11.8 Å². The predicted octanol–water partition coefficient (Wildman–Crippen LogP) is 2.70. The van der Waals surface area contributed by atoms with Crippen molar-refractivity contribution in [3.8, 4) is 0 Å². The monoisotopic (exact) mass is 276 g/mol. The summed E-state index contributed by atoms with van der Waals surface area (Å²) in [7, 11) is 0. The van der Waals surface area contributed by atoms with E-state index in [4.69, 9.17) is 9.57 Å². The van der Waals surface area contributed by atoms with E-state index in [1.54, 1.807) is 0 Å². The number of amides is 1. The number of hydrogen-bond donors (Lipinski definition) is 1. The number of nitrogens with zero attached hydrogens (tertiary/aromatic N) is 1. The summed E-state index contributed by atoms with van der Waals surface area (Å²) in [5, 5.41) is 6.76. The number of carbonyl (C=O) groups excluding carboxylic acids is 1. The maximum absolute atomic E-state index is 11.5. The lowest BCUT2D eigenvalue weighted by atomic mass is 10.1. The Labute approximate surface area is 118 Å². The van der Waals surface area contributed by atoms with Crippen LogP contribution in [0, 0.1) is 0 Å². The Morgan fingerprint density at radius 3 is 2.75 bits per heavy atom. The van der Waals surface area contributed by atoms with Gasteiger partial charge in [-0.1, -0.05) is 35.5 Å². The first-order valence-electron chi connectivity index (χ1n) is 6.69. The lowest BCUT2D eigenvalue weighted by molar-refractivity contribution is 0.0439. The van der Waals surface area contributed by atoms with E-state index in [-0.39, 0.29) is 6.10 Å². The van der Waals surface area contributed by atoms with Gasteiger partial charge in [0.2, 0.25) is 0 Å². The molecular formula is C15H20N2O3. The predicted molar refractivity (Wildman–Crippen MR) is 76.7 cm³/mol. The van der Waals surface area contributed by atoms with E-state index in [0.717, 1.165) is 11.3 Å². The van der Waals surface area contributed by atoms with Gasteiger partial charge in [0, 0.05) is 6.42 Å². The minimum Gasteiger partial charge on any atom is -0.444 e. The second-order valence-corrected chi connectivity index (χ2v) is 5.72. The van der Waals surface area contributed by atoms with E-state index in [1.165, 1.54) is 0 Å². The Kier molecular flexibility index (Phi) is 4.27. The maximum Gasteiger partial charge on any atom is 0.407 e. The third-order valence-corrected chi connectivity index (χ3v) is 2.71. The third kappa shape index (κ3) is 4.26. The van der Waals surface area contributed by atoms with Gasteiger partial charge in [-0.2, -0.15) is 0 Å². The van der Waals surface area contributed by atoms with E-state index >= 15 is 0 Å². The van der Waals surface area contributed by atoms with Crippen LogP contribution < -0.4 is 5.32 Å². The minimum absolute atomic E-state index is 0.141. The van der Waals surface area contributed by atoms with E-state index in [9.17, 15) is 4.79 Å². The summed E-state index contributed by atoms with van der Waals surface area (Å²) in [5.74, 6) is 0. The van der Waals surface area contributed by atoms with Crippen molar-refractivity contribution in [3.63, 3.8) is 0 Å². The van der Waals surface area contributed by atoms with Crippen LogP contribution >= 0.6 is 0 Å². The molecule has 20 heavy (non-hydrogen) atoms. The van der Waals surface area contributed by atoms with Gasteiger partial charge in [0.05, 0.1) is 12.3 Å². The van der Waals surface area contributed by atoms with Crippen molar-refractivity contribution in [1.29, 1.82) is 0 Å². The standard InChI is InChI=1S/C15H20N2O3/c1-15(2,3)19-14(18)16-10-12-9-13(17-20-12)11-7-5-4-6-8-11/h4-8,12H,9-10H2,1-3H3,(H,16,18). The van der Waals surface area contributed by atoms with Gasteiger partial charge >= 0.3 is 6.09 Å². The van der Waals surface area contributed by atoms with Crippen molar-refractivity contribution in [1.82, 2.24) is 5.32 Å². The Morgan fingerprint density at radius 2 is 2.10 bits per heavy atom. The van der Waals surface area contributed by atoms with Crippen molar-refractivity contribution in [2.75, 3.05) is 6.54 Å². The number of carbonyl (C=O) groups is 1. The molecule has 5 heteroatoms. The molecule has 1 heterocycles. The Balaban J connectivity index is 1.77. The number of rotatable bonds is 3. The van der Waals surface area contributed by atoms with Crippen molar-refractivity contribution in [2.24, 2.45) is 5.16 Å². The number of oxime groups is 1. The SMILES string of the molecule is CC(C)(C)OC(=O)NCC1CC(c2ccccc2)=NO1. The van der Waals surface area contributed by atoms with Crippen molar-refractivity contribution in [3.05, 3.63) is 35.9 Å². The molecule has 0 spiro atoms. The summed E-state index contributed by atoms with van der Waals surface area (Å²) < 4.78 is 5.17. The second-order valence-electron chi connectivity index (χ2n) is 5.72. The van der Waals surface area contributed by atoms with Crippen LogP contribution in [0.5, 0.6) is 0 Å². The van der Waals surface area contributed by atoms with E-state index in [1.807, 2.05) is 51.1 Å². The topological polar surface area (TPSA) is 59.9 Å². The molecule has 0 aromatic heterocycles. The van der Waals surface area contributed by atoms with Crippen LogP contribution in [-0.4, -0.2) is 30.1 Å². The quantitative estimate of drug-likeness (QED) is 0.923. The van der Waals surface area contributed by atoms with Gasteiger partial charge in [-0.3, -0.25) is 0 Å². The second kappa shape index (κ2) is 5.94. The third-order valence-electron chi connectivity index (χ3n) is 2.71. The summed E-state index contributed by atoms with van der Waals surface area (Å²) in [4.78, 5) is 16.9. The van der Waals surface area contributed by atoms with Gasteiger partial charge in [0.25, 0.3) is 0 Å². The molecule has 1 amide bonds. The molecule has 0 bridgehead atoms. The summed E-state index contributed by atoms with van der Waals surface area (Å²) in [5.41, 5.74) is 1.46. The fourth-order valence-corrected chi connectivity index (χ4v) is 1.85. The van der Waals surface area contributed by atoms with Crippen LogP contribution in [0.25, 0.3) is 0 Å². The smallest absolute Gasteiger partial charge is 0.407 e. The van der Waals surface area contributed by atoms with Crippen LogP contribution in [0.4, 0.5) is 4.79 Å². The highest BCUT2D eigenvalue weighted by Crippen LogP contribution is 2.16. The molecule has 0 radical (unpaired) electrons. The van der Waals surface area contributed by atoms with Crippen molar-refractivity contribution < 1.29 is 14.4 Å². The van der Waals surface area contributed by atoms with Gasteiger partial charge in [0.15, 0.2) is 6.10 Å². The number of benzene rings is 1. The summed E-state index contributed by atoms with van der Waals surface area (Å²) in [6, 6.07) is 9.87. The first kappa shape index (κ1) is 14.4. The molecule has 2 rings (SSSR count). The van der Waals surface area contributed by atoms with Crippen LogP contribution in [0.3, 0.4) is 0 Å². The number of nitrogens with one attached hydrogen (secondary N) is 1. The van der Waals surface area contributed by atoms with Crippen LogP contribution in [0.2, 0.25) is 0 Å². The van der Waals surface area contributed by atoms with Crippen LogP contribution in [0.1, 0.15) is 32.8 Å². The molecular weight excluding hydrogens is 256 g/mol. The molecule has 1 aliphatic rings. The average Bonchev–Trinajstić information content (AvgIpc) is 2.84. The van der Waals surface area contributed by atoms with Gasteiger partial charge < -0.3 is 14.9 Å². The Hall–Kier alpha value is -2.04. The zero-order chi connectivity index (χ0) is 14.6. The Morgan fingerprint density at radius 1 is 1.40 bits per heavy atom. The maximum atomic E-state index is 11.5. The normalized spacial score (nSPS) is 18.1. The number of alkyl carbamates (subject to hydrolysis) is 1. The van der Waals surface area contributed by atoms with Crippen molar-refractivity contribution in [2.45, 2.75) is 38.9 Å². The highest BCUT2D eigenvalue weighted by molar-refractivity contribution is 6.01. The van der Waals surface area contributed by atoms with Crippen LogP contribution in [0.15, 0.2) is 35.5 Å². The van der Waals surface area contributed by atoms with E-state index in [2.05, 4.69) is 10.5 Å². The zero-order valence-electron chi connectivity index (χ0n) is 12.1. The molecule has 1 unspecified atom stereocenters. The Bertz CT molecular complexity index is 492. The van der Waals surface area contributed by atoms with Gasteiger partial charge in [0.1, 0.15) is 5.60 Å². The molecule has 1 aliphatic heterocycles. The molecule has 1 N–H and O–H groups in total. The fourth-order valence-electron chi connectivity index (χ4n) is 1.85. The van der Waals surface area contributed by atoms with E-state index < -0.39 is 11.7 Å². The first-order chi connectivity index (χ1) is 9.44. The molecule has 1 aromatic carbocycles. The first-order valence-corrected chi connectivity index (χ1v) is 6.69. The molecule has 0 fully saturated rings. The summed E-state index contributed by atoms with van der Waals surface area (Å²) >= 11 is 0. The summed E-state index contributed by atoms with van der Waals surface area (Å²) in [6.45, 7) is 5.87. The molecule has 5 nitrogen and oxygen atoms in total. The number of ether oxygens (including phenoxy) is 1. The summed E-state index contributed by atoms with van der Waals surface area (Å²) in [6.07, 6.45) is 0.104. The average molecular weight is 276 g/mol. The lowest BCUT2D eigenvalue weighted by Crippen LogP contribution is -2.37. The minimum atomic E-state index is -0.494. The lowest BCUT2D eigenvalue weighted by Gasteiger charge is -2.20. The molecule has 1 atom stereocenters. The molecule has 0 saturated heterocycles. The fraction of sp³-hybridized carbons (Fsp3) is 0.467. The largest absolute Gasteiger partial charge is 0.444 e.